The first-order valence-corrected chi connectivity index (χ1v) is 6.82. The number of benzene rings is 1. The lowest BCUT2D eigenvalue weighted by Crippen LogP contribution is -2.20. The second kappa shape index (κ2) is 6.13. The van der Waals surface area contributed by atoms with Gasteiger partial charge in [0.25, 0.3) is 0 Å². The Labute approximate surface area is 122 Å². The zero-order chi connectivity index (χ0) is 14.8. The van der Waals surface area contributed by atoms with Crippen molar-refractivity contribution in [2.75, 3.05) is 13.2 Å². The topological polar surface area (TPSA) is 35.5 Å². The second-order valence-corrected chi connectivity index (χ2v) is 5.34. The van der Waals surface area contributed by atoms with Crippen molar-refractivity contribution in [2.24, 2.45) is 0 Å². The highest BCUT2D eigenvalue weighted by Crippen LogP contribution is 2.34. The Balaban J connectivity index is 2.12. The summed E-state index contributed by atoms with van der Waals surface area (Å²) >= 11 is 2.96. The predicted molar refractivity (Wildman–Crippen MR) is 68.4 cm³/mol. The van der Waals surface area contributed by atoms with Gasteiger partial charge in [-0.3, -0.25) is 0 Å². The lowest BCUT2D eigenvalue weighted by molar-refractivity contribution is -0.138. The summed E-state index contributed by atoms with van der Waals surface area (Å²) in [6, 6.07) is 3.34. The average molecular weight is 353 g/mol. The van der Waals surface area contributed by atoms with Crippen LogP contribution in [0.2, 0.25) is 0 Å². The Morgan fingerprint density at radius 1 is 1.45 bits per heavy atom. The van der Waals surface area contributed by atoms with Gasteiger partial charge < -0.3 is 9.47 Å². The Bertz CT molecular complexity index is 496. The quantitative estimate of drug-likeness (QED) is 0.776. The highest BCUT2D eigenvalue weighted by Gasteiger charge is 2.36. The van der Waals surface area contributed by atoms with Gasteiger partial charge in [0.2, 0.25) is 0 Å². The molecule has 1 aromatic rings. The molecule has 1 aliphatic heterocycles. The molecule has 2 rings (SSSR count). The summed E-state index contributed by atoms with van der Waals surface area (Å²) in [4.78, 5) is 11.8. The molecule has 0 spiro atoms. The molecule has 0 aromatic heterocycles. The van der Waals surface area contributed by atoms with E-state index in [0.717, 1.165) is 25.0 Å². The largest absolute Gasteiger partial charge is 0.459 e. The average Bonchev–Trinajstić information content (AvgIpc) is 2.88. The van der Waals surface area contributed by atoms with Gasteiger partial charge in [0, 0.05) is 11.1 Å². The first-order chi connectivity index (χ1) is 9.38. The van der Waals surface area contributed by atoms with E-state index in [9.17, 15) is 18.0 Å². The number of hydrogen-bond acceptors (Lipinski definition) is 3. The van der Waals surface area contributed by atoms with Crippen molar-refractivity contribution in [3.05, 3.63) is 33.8 Å². The van der Waals surface area contributed by atoms with Gasteiger partial charge in [0.15, 0.2) is 0 Å². The van der Waals surface area contributed by atoms with E-state index in [1.807, 2.05) is 0 Å². The number of esters is 1. The number of carbonyl (C=O) groups is 1. The highest BCUT2D eigenvalue weighted by molar-refractivity contribution is 9.10. The molecule has 1 unspecified atom stereocenters. The van der Waals surface area contributed by atoms with E-state index in [4.69, 9.17) is 9.47 Å². The first kappa shape index (κ1) is 15.3. The van der Waals surface area contributed by atoms with Crippen molar-refractivity contribution >= 4 is 21.9 Å². The van der Waals surface area contributed by atoms with Gasteiger partial charge >= 0.3 is 12.1 Å². The van der Waals surface area contributed by atoms with Crippen LogP contribution in [0.15, 0.2) is 22.7 Å². The molecule has 1 saturated heterocycles. The predicted octanol–water partition coefficient (Wildman–Crippen LogP) is 3.80. The fraction of sp³-hybridized carbons (Fsp3) is 0.462. The normalized spacial score (nSPS) is 19.1. The number of carbonyl (C=O) groups excluding carboxylic acids is 1. The molecule has 1 aromatic carbocycles. The van der Waals surface area contributed by atoms with Crippen molar-refractivity contribution in [1.29, 1.82) is 0 Å². The number of ether oxygens (including phenoxy) is 2. The Kier molecular flexibility index (Phi) is 4.70. The van der Waals surface area contributed by atoms with Gasteiger partial charge in [-0.05, 0) is 31.0 Å². The third-order valence-electron chi connectivity index (χ3n) is 2.93. The van der Waals surface area contributed by atoms with Gasteiger partial charge in [-0.25, -0.2) is 4.79 Å². The van der Waals surface area contributed by atoms with Gasteiger partial charge in [0.05, 0.1) is 17.2 Å². The van der Waals surface area contributed by atoms with Crippen LogP contribution in [-0.4, -0.2) is 25.3 Å². The van der Waals surface area contributed by atoms with Crippen LogP contribution < -0.4 is 0 Å². The van der Waals surface area contributed by atoms with Crippen molar-refractivity contribution in [3.8, 4) is 0 Å². The minimum Gasteiger partial charge on any atom is -0.459 e. The van der Waals surface area contributed by atoms with Crippen molar-refractivity contribution in [3.63, 3.8) is 0 Å². The molecule has 0 bridgehead atoms. The smallest absolute Gasteiger partial charge is 0.417 e. The van der Waals surface area contributed by atoms with Crippen LogP contribution in [0, 0.1) is 0 Å². The standard InChI is InChI=1S/C13H12BrF3O3/c14-8-3-4-10(11(6-8)13(15,16)17)12(18)20-7-9-2-1-5-19-9/h3-4,6,9H,1-2,5,7H2. The van der Waals surface area contributed by atoms with E-state index in [1.165, 1.54) is 6.07 Å². The molecule has 1 atom stereocenters. The molecule has 110 valence electrons. The molecule has 20 heavy (non-hydrogen) atoms. The van der Waals surface area contributed by atoms with E-state index in [2.05, 4.69) is 15.9 Å². The lowest BCUT2D eigenvalue weighted by Gasteiger charge is -2.14. The van der Waals surface area contributed by atoms with Crippen LogP contribution in [-0.2, 0) is 15.7 Å². The van der Waals surface area contributed by atoms with E-state index in [0.29, 0.717) is 6.61 Å². The Hall–Kier alpha value is -1.08. The maximum Gasteiger partial charge on any atom is 0.417 e. The van der Waals surface area contributed by atoms with E-state index in [-0.39, 0.29) is 17.2 Å². The highest BCUT2D eigenvalue weighted by atomic mass is 79.9. The summed E-state index contributed by atoms with van der Waals surface area (Å²) in [7, 11) is 0. The van der Waals surface area contributed by atoms with Crippen LogP contribution in [0.3, 0.4) is 0 Å². The molecular formula is C13H12BrF3O3. The summed E-state index contributed by atoms with van der Waals surface area (Å²) in [5.74, 6) is -0.986. The molecule has 0 aliphatic carbocycles. The van der Waals surface area contributed by atoms with Gasteiger partial charge in [-0.2, -0.15) is 13.2 Å². The Morgan fingerprint density at radius 3 is 2.80 bits per heavy atom. The van der Waals surface area contributed by atoms with Gasteiger partial charge in [-0.1, -0.05) is 15.9 Å². The lowest BCUT2D eigenvalue weighted by atomic mass is 10.1. The monoisotopic (exact) mass is 352 g/mol. The third kappa shape index (κ3) is 3.73. The van der Waals surface area contributed by atoms with Crippen LogP contribution in [0.5, 0.6) is 0 Å². The van der Waals surface area contributed by atoms with Crippen LogP contribution in [0.1, 0.15) is 28.8 Å². The third-order valence-corrected chi connectivity index (χ3v) is 3.42. The fourth-order valence-corrected chi connectivity index (χ4v) is 2.31. The molecule has 1 fully saturated rings. The molecule has 0 N–H and O–H groups in total. The second-order valence-electron chi connectivity index (χ2n) is 4.42. The molecule has 0 radical (unpaired) electrons. The first-order valence-electron chi connectivity index (χ1n) is 6.03. The zero-order valence-electron chi connectivity index (χ0n) is 10.4. The number of rotatable bonds is 3. The SMILES string of the molecule is O=C(OCC1CCCO1)c1ccc(Br)cc1C(F)(F)F. The van der Waals surface area contributed by atoms with Crippen LogP contribution in [0.4, 0.5) is 13.2 Å². The van der Waals surface area contributed by atoms with Gasteiger partial charge in [-0.15, -0.1) is 0 Å². The molecule has 3 nitrogen and oxygen atoms in total. The number of hydrogen-bond donors (Lipinski definition) is 0. The minimum absolute atomic E-state index is 0.0216. The molecule has 1 aliphatic rings. The fourth-order valence-electron chi connectivity index (χ4n) is 1.95. The summed E-state index contributed by atoms with van der Waals surface area (Å²) in [6.07, 6.45) is -3.21. The minimum atomic E-state index is -4.61. The molecule has 7 heteroatoms. The molecular weight excluding hydrogens is 341 g/mol. The summed E-state index contributed by atoms with van der Waals surface area (Å²) in [5.41, 5.74) is -1.50. The number of alkyl halides is 3. The summed E-state index contributed by atoms with van der Waals surface area (Å²) in [6.45, 7) is 0.570. The molecule has 0 saturated carbocycles. The van der Waals surface area contributed by atoms with Crippen molar-refractivity contribution < 1.29 is 27.4 Å². The van der Waals surface area contributed by atoms with E-state index in [1.54, 1.807) is 0 Å². The molecule has 1 heterocycles. The summed E-state index contributed by atoms with van der Waals surface area (Å²) in [5, 5.41) is 0. The number of halogens is 4. The maximum atomic E-state index is 12.9. The summed E-state index contributed by atoms with van der Waals surface area (Å²) < 4.78 is 49.0. The van der Waals surface area contributed by atoms with Crippen molar-refractivity contribution in [2.45, 2.75) is 25.1 Å². The molecule has 0 amide bonds. The van der Waals surface area contributed by atoms with Crippen LogP contribution in [0.25, 0.3) is 0 Å². The van der Waals surface area contributed by atoms with Crippen LogP contribution >= 0.6 is 15.9 Å². The van der Waals surface area contributed by atoms with Crippen molar-refractivity contribution in [1.82, 2.24) is 0 Å². The Morgan fingerprint density at radius 2 is 2.20 bits per heavy atom. The maximum absolute atomic E-state index is 12.9. The van der Waals surface area contributed by atoms with Gasteiger partial charge in [0.1, 0.15) is 6.61 Å². The zero-order valence-corrected chi connectivity index (χ0v) is 12.0. The van der Waals surface area contributed by atoms with E-state index >= 15 is 0 Å². The van der Waals surface area contributed by atoms with E-state index < -0.39 is 23.3 Å².